The zero-order valence-corrected chi connectivity index (χ0v) is 17.5. The van der Waals surface area contributed by atoms with Crippen LogP contribution in [0.2, 0.25) is 0 Å². The summed E-state index contributed by atoms with van der Waals surface area (Å²) < 4.78 is 17.3. The van der Waals surface area contributed by atoms with E-state index in [1.165, 1.54) is 22.7 Å². The van der Waals surface area contributed by atoms with E-state index in [-0.39, 0.29) is 36.2 Å². The molecule has 0 N–H and O–H groups in total. The van der Waals surface area contributed by atoms with Crippen molar-refractivity contribution < 1.29 is 18.4 Å². The first-order valence-electron chi connectivity index (χ1n) is 9.03. The summed E-state index contributed by atoms with van der Waals surface area (Å²) in [6.07, 6.45) is 3.10. The van der Waals surface area contributed by atoms with Crippen LogP contribution in [-0.2, 0) is 16.1 Å². The highest BCUT2D eigenvalue weighted by atomic mass is 32.2. The van der Waals surface area contributed by atoms with Crippen LogP contribution in [-0.4, -0.2) is 45.4 Å². The first kappa shape index (κ1) is 19.7. The van der Waals surface area contributed by atoms with Crippen LogP contribution < -0.4 is 4.90 Å². The molecule has 0 aromatic carbocycles. The molecule has 2 aliphatic rings. The van der Waals surface area contributed by atoms with Gasteiger partial charge in [-0.1, -0.05) is 24.0 Å². The monoisotopic (exact) mass is 430 g/mol. The van der Waals surface area contributed by atoms with Crippen LogP contribution in [0.15, 0.2) is 32.1 Å². The number of hydrogen-bond acceptors (Lipinski definition) is 9. The van der Waals surface area contributed by atoms with Crippen molar-refractivity contribution in [2.45, 2.75) is 32.6 Å². The van der Waals surface area contributed by atoms with Crippen molar-refractivity contribution in [2.75, 3.05) is 18.0 Å². The second kappa shape index (κ2) is 8.02. The molecule has 4 heterocycles. The highest BCUT2D eigenvalue weighted by molar-refractivity contribution is 8.26. The molecule has 10 heteroatoms. The molecule has 150 valence electrons. The largest absolute Gasteiger partial charge is 0.467 e. The molecule has 2 aromatic heterocycles. The average molecular weight is 431 g/mol. The lowest BCUT2D eigenvalue weighted by Gasteiger charge is -2.34. The van der Waals surface area contributed by atoms with E-state index in [0.717, 1.165) is 0 Å². The summed E-state index contributed by atoms with van der Waals surface area (Å²) in [5, 5.41) is 9.47. The van der Waals surface area contributed by atoms with Crippen LogP contribution in [0.5, 0.6) is 0 Å². The van der Waals surface area contributed by atoms with E-state index in [2.05, 4.69) is 11.1 Å². The summed E-state index contributed by atoms with van der Waals surface area (Å²) in [6.45, 7) is 5.39. The van der Waals surface area contributed by atoms with Crippen molar-refractivity contribution in [3.05, 3.63) is 40.6 Å². The number of anilines is 1. The van der Waals surface area contributed by atoms with E-state index in [1.807, 2.05) is 18.7 Å². The summed E-state index contributed by atoms with van der Waals surface area (Å²) in [6, 6.07) is 5.61. The first-order valence-corrected chi connectivity index (χ1v) is 10.3. The molecule has 4 rings (SSSR count). The second-order valence-electron chi connectivity index (χ2n) is 6.83. The van der Waals surface area contributed by atoms with Gasteiger partial charge in [0, 0.05) is 19.2 Å². The maximum Gasteiger partial charge on any atom is 0.266 e. The Kier molecular flexibility index (Phi) is 5.45. The van der Waals surface area contributed by atoms with E-state index < -0.39 is 0 Å². The van der Waals surface area contributed by atoms with Gasteiger partial charge >= 0.3 is 0 Å². The number of morpholine rings is 1. The zero-order chi connectivity index (χ0) is 20.5. The lowest BCUT2D eigenvalue weighted by molar-refractivity contribution is -0.122. The van der Waals surface area contributed by atoms with Gasteiger partial charge in [0.05, 0.1) is 29.9 Å². The Balaban J connectivity index is 1.57. The quantitative estimate of drug-likeness (QED) is 0.535. The summed E-state index contributed by atoms with van der Waals surface area (Å²) in [5.74, 6) is 0.986. The number of furan rings is 1. The lowest BCUT2D eigenvalue weighted by Crippen LogP contribution is -2.45. The Morgan fingerprint density at radius 2 is 2.17 bits per heavy atom. The summed E-state index contributed by atoms with van der Waals surface area (Å²) in [4.78, 5) is 20.8. The Labute approximate surface area is 177 Å². The van der Waals surface area contributed by atoms with Crippen LogP contribution in [0.25, 0.3) is 6.08 Å². The highest BCUT2D eigenvalue weighted by Gasteiger charge is 2.34. The minimum atomic E-state index is -0.247. The molecule has 2 aliphatic heterocycles. The van der Waals surface area contributed by atoms with Crippen LogP contribution in [0.4, 0.5) is 5.88 Å². The number of carbonyl (C=O) groups excluding carboxylic acids is 1. The van der Waals surface area contributed by atoms with Gasteiger partial charge in [-0.05, 0) is 26.0 Å². The van der Waals surface area contributed by atoms with Crippen molar-refractivity contribution in [3.8, 4) is 6.07 Å². The SMILES string of the molecule is CC1CN(c2oc(/C=C3\SC(=S)N(Cc4ccco4)C3=O)nc2C#N)CC(C)O1. The zero-order valence-electron chi connectivity index (χ0n) is 15.8. The fourth-order valence-corrected chi connectivity index (χ4v) is 4.55. The number of aromatic nitrogens is 1. The fourth-order valence-electron chi connectivity index (χ4n) is 3.33. The van der Waals surface area contributed by atoms with Crippen molar-refractivity contribution in [1.29, 1.82) is 5.26 Å². The Bertz CT molecular complexity index is 998. The molecule has 2 unspecified atom stereocenters. The smallest absolute Gasteiger partial charge is 0.266 e. The van der Waals surface area contributed by atoms with Crippen molar-refractivity contribution >= 4 is 46.2 Å². The van der Waals surface area contributed by atoms with Gasteiger partial charge in [0.1, 0.15) is 16.2 Å². The van der Waals surface area contributed by atoms with E-state index in [4.69, 9.17) is 25.8 Å². The Morgan fingerprint density at radius 3 is 2.83 bits per heavy atom. The molecular weight excluding hydrogens is 412 g/mol. The molecule has 0 saturated carbocycles. The van der Waals surface area contributed by atoms with Gasteiger partial charge in [0.15, 0.2) is 0 Å². The number of nitrogens with zero attached hydrogens (tertiary/aromatic N) is 4. The van der Waals surface area contributed by atoms with Crippen LogP contribution in [0.3, 0.4) is 0 Å². The van der Waals surface area contributed by atoms with E-state index >= 15 is 0 Å². The minimum Gasteiger partial charge on any atom is -0.467 e. The van der Waals surface area contributed by atoms with Gasteiger partial charge in [-0.3, -0.25) is 9.69 Å². The minimum absolute atomic E-state index is 0.0108. The van der Waals surface area contributed by atoms with Gasteiger partial charge < -0.3 is 18.5 Å². The predicted octanol–water partition coefficient (Wildman–Crippen LogP) is 3.15. The lowest BCUT2D eigenvalue weighted by atomic mass is 10.2. The van der Waals surface area contributed by atoms with E-state index in [9.17, 15) is 10.1 Å². The number of carbonyl (C=O) groups is 1. The molecular formula is C19H18N4O4S2. The maximum atomic E-state index is 12.7. The number of rotatable bonds is 4. The van der Waals surface area contributed by atoms with Crippen LogP contribution in [0.1, 0.15) is 31.2 Å². The first-order chi connectivity index (χ1) is 13.9. The standard InChI is InChI=1S/C19H18N4O4S2/c1-11-8-22(9-12(2)26-11)18-14(7-20)21-16(27-18)6-15-17(24)23(19(28)29-15)10-13-4-3-5-25-13/h3-6,11-12H,8-10H2,1-2H3/b15-6-. The maximum absolute atomic E-state index is 12.7. The molecule has 2 atom stereocenters. The molecule has 0 aliphatic carbocycles. The number of hydrogen-bond donors (Lipinski definition) is 0. The molecule has 2 aromatic rings. The van der Waals surface area contributed by atoms with Gasteiger partial charge in [-0.15, -0.1) is 0 Å². The van der Waals surface area contributed by atoms with Gasteiger partial charge in [0.2, 0.25) is 17.5 Å². The van der Waals surface area contributed by atoms with Crippen molar-refractivity contribution in [1.82, 2.24) is 9.88 Å². The van der Waals surface area contributed by atoms with Crippen molar-refractivity contribution in [2.24, 2.45) is 0 Å². The summed E-state index contributed by atoms with van der Waals surface area (Å²) in [5.41, 5.74) is 0.184. The van der Waals surface area contributed by atoms with Crippen LogP contribution >= 0.6 is 24.0 Å². The van der Waals surface area contributed by atoms with Crippen molar-refractivity contribution in [3.63, 3.8) is 0 Å². The number of thioether (sulfide) groups is 1. The molecule has 2 fully saturated rings. The van der Waals surface area contributed by atoms with Gasteiger partial charge in [-0.2, -0.15) is 10.2 Å². The third-order valence-electron chi connectivity index (χ3n) is 4.46. The Morgan fingerprint density at radius 1 is 1.41 bits per heavy atom. The second-order valence-corrected chi connectivity index (χ2v) is 8.50. The van der Waals surface area contributed by atoms with Crippen LogP contribution in [0, 0.1) is 11.3 Å². The highest BCUT2D eigenvalue weighted by Crippen LogP contribution is 2.34. The third kappa shape index (κ3) is 4.07. The number of oxazole rings is 1. The average Bonchev–Trinajstić information content (AvgIpc) is 3.38. The molecule has 0 radical (unpaired) electrons. The number of nitriles is 1. The molecule has 29 heavy (non-hydrogen) atoms. The molecule has 0 bridgehead atoms. The molecule has 1 amide bonds. The normalized spacial score (nSPS) is 23.8. The Hall–Kier alpha value is -2.61. The fraction of sp³-hybridized carbons (Fsp3) is 0.368. The third-order valence-corrected chi connectivity index (χ3v) is 5.84. The topological polar surface area (TPSA) is 95.7 Å². The molecule has 0 spiro atoms. The van der Waals surface area contributed by atoms with Gasteiger partial charge in [-0.25, -0.2) is 0 Å². The molecule has 8 nitrogen and oxygen atoms in total. The van der Waals surface area contributed by atoms with E-state index in [0.29, 0.717) is 34.0 Å². The number of ether oxygens (including phenoxy) is 1. The molecule has 2 saturated heterocycles. The predicted molar refractivity (Wildman–Crippen MR) is 111 cm³/mol. The van der Waals surface area contributed by atoms with E-state index in [1.54, 1.807) is 18.4 Å². The van der Waals surface area contributed by atoms with Gasteiger partial charge in [0.25, 0.3) is 5.91 Å². The summed E-state index contributed by atoms with van der Waals surface area (Å²) >= 11 is 6.49. The summed E-state index contributed by atoms with van der Waals surface area (Å²) in [7, 11) is 0. The number of thiocarbonyl (C=S) groups is 1. The number of amides is 1.